The molecule has 60 valence electrons. The van der Waals surface area contributed by atoms with Crippen LogP contribution in [0.3, 0.4) is 0 Å². The van der Waals surface area contributed by atoms with Gasteiger partial charge in [0.1, 0.15) is 0 Å². The Hall–Kier alpha value is -0.223. The third kappa shape index (κ3) is 3.97. The van der Waals surface area contributed by atoms with Crippen molar-refractivity contribution in [2.24, 2.45) is 0 Å². The Labute approximate surface area is 86.9 Å². The molecule has 0 amide bonds. The Bertz CT molecular complexity index is 233. The summed E-state index contributed by atoms with van der Waals surface area (Å²) in [6, 6.07) is 9.41. The largest absolute Gasteiger partial charge is 1.00 e. The van der Waals surface area contributed by atoms with Crippen molar-refractivity contribution >= 4 is 0 Å². The molecule has 0 radical (unpaired) electrons. The van der Waals surface area contributed by atoms with E-state index in [-0.39, 0.29) is 18.9 Å². The Morgan fingerprint density at radius 3 is 2.58 bits per heavy atom. The molecule has 12 heavy (non-hydrogen) atoms. The zero-order chi connectivity index (χ0) is 8.27. The van der Waals surface area contributed by atoms with Gasteiger partial charge in [0.25, 0.3) is 0 Å². The first-order valence-electron chi connectivity index (χ1n) is 3.80. The summed E-state index contributed by atoms with van der Waals surface area (Å²) in [7, 11) is 4.13. The van der Waals surface area contributed by atoms with E-state index in [1.807, 2.05) is 6.07 Å². The van der Waals surface area contributed by atoms with Crippen molar-refractivity contribution in [1.82, 2.24) is 4.90 Å². The van der Waals surface area contributed by atoms with Crippen molar-refractivity contribution in [3.63, 3.8) is 0 Å². The van der Waals surface area contributed by atoms with Crippen LogP contribution in [0.2, 0.25) is 0 Å². The topological polar surface area (TPSA) is 3.24 Å². The quantitative estimate of drug-likeness (QED) is 0.385. The Morgan fingerprint density at radius 1 is 1.42 bits per heavy atom. The molecule has 2 heteroatoms. The molecule has 0 saturated heterocycles. The second-order valence-corrected chi connectivity index (χ2v) is 3.13. The molecule has 1 rings (SSSR count). The molecule has 0 heterocycles. The Morgan fingerprint density at radius 2 is 2.08 bits per heavy atom. The molecule has 0 N–H and O–H groups in total. The maximum atomic E-state index is 3.20. The van der Waals surface area contributed by atoms with Crippen molar-refractivity contribution in [2.45, 2.75) is 13.5 Å². The zero-order valence-corrected chi connectivity index (χ0v) is 8.39. The van der Waals surface area contributed by atoms with Crippen LogP contribution in [0.15, 0.2) is 18.2 Å². The van der Waals surface area contributed by atoms with Gasteiger partial charge in [0.2, 0.25) is 0 Å². The van der Waals surface area contributed by atoms with Gasteiger partial charge >= 0.3 is 18.9 Å². The van der Waals surface area contributed by atoms with E-state index >= 15 is 0 Å². The molecule has 0 bridgehead atoms. The second-order valence-electron chi connectivity index (χ2n) is 3.13. The first-order valence-corrected chi connectivity index (χ1v) is 3.80. The molecular weight excluding hydrogens is 141 g/mol. The normalized spacial score (nSPS) is 9.67. The molecule has 0 unspecified atom stereocenters. The van der Waals surface area contributed by atoms with Crippen LogP contribution in [0.4, 0.5) is 0 Å². The van der Waals surface area contributed by atoms with E-state index < -0.39 is 0 Å². The summed E-state index contributed by atoms with van der Waals surface area (Å²) >= 11 is 0. The van der Waals surface area contributed by atoms with Crippen LogP contribution in [0, 0.1) is 13.0 Å². The molecule has 0 aliphatic rings. The number of benzene rings is 1. The number of aryl methyl sites for hydroxylation is 1. The van der Waals surface area contributed by atoms with Crippen molar-refractivity contribution in [1.29, 1.82) is 0 Å². The number of nitrogens with zero attached hydrogens (tertiary/aromatic N) is 1. The number of rotatable bonds is 2. The minimum atomic E-state index is 0. The van der Waals surface area contributed by atoms with E-state index in [1.165, 1.54) is 11.1 Å². The molecule has 0 fully saturated rings. The number of hydrogen-bond acceptors (Lipinski definition) is 1. The third-order valence-electron chi connectivity index (χ3n) is 1.50. The Kier molecular flexibility index (Phi) is 5.33. The summed E-state index contributed by atoms with van der Waals surface area (Å²) in [6.07, 6.45) is 0. The van der Waals surface area contributed by atoms with Crippen molar-refractivity contribution in [3.05, 3.63) is 35.4 Å². The van der Waals surface area contributed by atoms with Gasteiger partial charge in [-0.05, 0) is 14.1 Å². The van der Waals surface area contributed by atoms with Crippen molar-refractivity contribution in [3.8, 4) is 0 Å². The molecule has 0 atom stereocenters. The van der Waals surface area contributed by atoms with Crippen LogP contribution in [0.1, 0.15) is 11.1 Å². The van der Waals surface area contributed by atoms with Crippen LogP contribution < -0.4 is 18.9 Å². The molecule has 0 saturated carbocycles. The minimum Gasteiger partial charge on any atom is -0.307 e. The third-order valence-corrected chi connectivity index (χ3v) is 1.50. The van der Waals surface area contributed by atoms with Crippen LogP contribution in [-0.2, 0) is 6.54 Å². The first kappa shape index (κ1) is 11.8. The fourth-order valence-corrected chi connectivity index (χ4v) is 1.08. The summed E-state index contributed by atoms with van der Waals surface area (Å²) < 4.78 is 0. The molecule has 0 aliphatic heterocycles. The van der Waals surface area contributed by atoms with E-state index in [1.54, 1.807) is 0 Å². The van der Waals surface area contributed by atoms with E-state index in [0.29, 0.717) is 0 Å². The average Bonchev–Trinajstić information content (AvgIpc) is 1.85. The van der Waals surface area contributed by atoms with Crippen LogP contribution in [0.5, 0.6) is 0 Å². The summed E-state index contributed by atoms with van der Waals surface area (Å²) in [5.41, 5.74) is 2.57. The van der Waals surface area contributed by atoms with Gasteiger partial charge in [-0.15, -0.1) is 5.56 Å². The van der Waals surface area contributed by atoms with Gasteiger partial charge in [-0.25, -0.2) is 0 Å². The maximum Gasteiger partial charge on any atom is 1.00 e. The SMILES string of the molecule is Cc1cc[c-]c(CN(C)C)c1.[Li+]. The molecule has 0 aromatic heterocycles. The van der Waals surface area contributed by atoms with E-state index in [2.05, 4.69) is 44.1 Å². The summed E-state index contributed by atoms with van der Waals surface area (Å²) in [6.45, 7) is 3.08. The summed E-state index contributed by atoms with van der Waals surface area (Å²) in [5, 5.41) is 0. The average molecular weight is 155 g/mol. The molecule has 0 aliphatic carbocycles. The minimum absolute atomic E-state index is 0. The maximum absolute atomic E-state index is 3.20. The number of hydrogen-bond donors (Lipinski definition) is 0. The predicted octanol–water partition coefficient (Wildman–Crippen LogP) is -1.14. The fourth-order valence-electron chi connectivity index (χ4n) is 1.08. The molecule has 1 aromatic carbocycles. The van der Waals surface area contributed by atoms with Gasteiger partial charge in [-0.3, -0.25) is 0 Å². The molecule has 1 aromatic rings. The summed E-state index contributed by atoms with van der Waals surface area (Å²) in [4.78, 5) is 2.14. The van der Waals surface area contributed by atoms with Gasteiger partial charge < -0.3 is 4.90 Å². The van der Waals surface area contributed by atoms with Crippen molar-refractivity contribution in [2.75, 3.05) is 14.1 Å². The zero-order valence-electron chi connectivity index (χ0n) is 8.39. The van der Waals surface area contributed by atoms with Gasteiger partial charge in [0, 0.05) is 6.54 Å². The molecular formula is C10H14LiN. The smallest absolute Gasteiger partial charge is 0.307 e. The van der Waals surface area contributed by atoms with Crippen LogP contribution in [0.25, 0.3) is 0 Å². The van der Waals surface area contributed by atoms with Gasteiger partial charge in [-0.1, -0.05) is 6.92 Å². The summed E-state index contributed by atoms with van der Waals surface area (Å²) in [5.74, 6) is 0. The standard InChI is InChI=1S/C10H14N.Li/c1-9-5-4-6-10(7-9)8-11(2)3;/h4-5,7H,8H2,1-3H3;/q-1;+1. The molecule has 0 spiro atoms. The van der Waals surface area contributed by atoms with E-state index in [0.717, 1.165) is 6.54 Å². The van der Waals surface area contributed by atoms with Crippen molar-refractivity contribution < 1.29 is 18.9 Å². The van der Waals surface area contributed by atoms with E-state index in [4.69, 9.17) is 0 Å². The first-order chi connectivity index (χ1) is 5.18. The second kappa shape index (κ2) is 5.43. The van der Waals surface area contributed by atoms with E-state index in [9.17, 15) is 0 Å². The van der Waals surface area contributed by atoms with Gasteiger partial charge in [0.15, 0.2) is 0 Å². The monoisotopic (exact) mass is 155 g/mol. The fraction of sp³-hybridized carbons (Fsp3) is 0.400. The van der Waals surface area contributed by atoms with Gasteiger partial charge in [0.05, 0.1) is 0 Å². The molecule has 1 nitrogen and oxygen atoms in total. The Balaban J connectivity index is 0.00000121. The van der Waals surface area contributed by atoms with Crippen LogP contribution in [-0.4, -0.2) is 19.0 Å². The predicted molar refractivity (Wildman–Crippen MR) is 47.4 cm³/mol. The van der Waals surface area contributed by atoms with Gasteiger partial charge in [-0.2, -0.15) is 29.8 Å². The van der Waals surface area contributed by atoms with Crippen LogP contribution >= 0.6 is 0 Å².